The highest BCUT2D eigenvalue weighted by Gasteiger charge is 2.36. The van der Waals surface area contributed by atoms with Crippen LogP contribution in [0, 0.1) is 0 Å². The number of methoxy groups -OCH3 is 1. The molecule has 19 heavy (non-hydrogen) atoms. The molecule has 0 heterocycles. The molecule has 0 radical (unpaired) electrons. The molecule has 6 nitrogen and oxygen atoms in total. The summed E-state index contributed by atoms with van der Waals surface area (Å²) in [7, 11) is 2.88. The fourth-order valence-corrected chi connectivity index (χ4v) is 2.08. The summed E-state index contributed by atoms with van der Waals surface area (Å²) < 4.78 is 4.70. The van der Waals surface area contributed by atoms with E-state index in [4.69, 9.17) is 4.74 Å². The van der Waals surface area contributed by atoms with Gasteiger partial charge in [-0.25, -0.2) is 4.79 Å². The summed E-state index contributed by atoms with van der Waals surface area (Å²) in [5.74, 6) is -0.807. The van der Waals surface area contributed by atoms with Crippen molar-refractivity contribution < 1.29 is 19.1 Å². The van der Waals surface area contributed by atoms with E-state index in [0.717, 1.165) is 19.3 Å². The van der Waals surface area contributed by atoms with E-state index in [1.54, 1.807) is 18.9 Å². The molecule has 1 rings (SSSR count). The van der Waals surface area contributed by atoms with Crippen molar-refractivity contribution in [3.05, 3.63) is 0 Å². The van der Waals surface area contributed by atoms with Crippen molar-refractivity contribution in [2.24, 2.45) is 0 Å². The third kappa shape index (κ3) is 3.68. The second-order valence-corrected chi connectivity index (χ2v) is 4.96. The van der Waals surface area contributed by atoms with Crippen LogP contribution in [0.15, 0.2) is 0 Å². The van der Waals surface area contributed by atoms with Crippen molar-refractivity contribution in [1.82, 2.24) is 9.80 Å². The Morgan fingerprint density at radius 1 is 1.32 bits per heavy atom. The average molecular weight is 270 g/mol. The summed E-state index contributed by atoms with van der Waals surface area (Å²) in [6.07, 6.45) is 2.86. The summed E-state index contributed by atoms with van der Waals surface area (Å²) in [5, 5.41) is 0. The first-order chi connectivity index (χ1) is 8.88. The van der Waals surface area contributed by atoms with E-state index < -0.39 is 12.0 Å². The predicted octanol–water partition coefficient (Wildman–Crippen LogP) is 0.407. The minimum Gasteiger partial charge on any atom is -0.467 e. The first-order valence-electron chi connectivity index (χ1n) is 6.49. The molecule has 0 spiro atoms. The van der Waals surface area contributed by atoms with Gasteiger partial charge in [0.25, 0.3) is 0 Å². The third-order valence-corrected chi connectivity index (χ3v) is 3.63. The topological polar surface area (TPSA) is 66.9 Å². The number of carbonyl (C=O) groups is 3. The normalized spacial score (nSPS) is 16.2. The number of amides is 2. The molecule has 1 atom stereocenters. The molecule has 1 saturated carbocycles. The van der Waals surface area contributed by atoms with Crippen LogP contribution in [0.1, 0.15) is 33.1 Å². The Balaban J connectivity index is 2.76. The number of nitrogens with zero attached hydrogens (tertiary/aromatic N) is 2. The minimum atomic E-state index is -0.608. The summed E-state index contributed by atoms with van der Waals surface area (Å²) in [6, 6.07) is -0.523. The highest BCUT2D eigenvalue weighted by Crippen LogP contribution is 2.27. The lowest BCUT2D eigenvalue weighted by atomic mass is 9.90. The lowest BCUT2D eigenvalue weighted by Gasteiger charge is -2.40. The van der Waals surface area contributed by atoms with E-state index in [-0.39, 0.29) is 24.4 Å². The van der Waals surface area contributed by atoms with Gasteiger partial charge in [0.2, 0.25) is 11.8 Å². The van der Waals surface area contributed by atoms with Gasteiger partial charge in [-0.3, -0.25) is 9.59 Å². The molecule has 0 aliphatic heterocycles. The first-order valence-corrected chi connectivity index (χ1v) is 6.49. The van der Waals surface area contributed by atoms with Crippen molar-refractivity contribution in [1.29, 1.82) is 0 Å². The standard InChI is InChI=1S/C13H22N2O4/c1-9(13(18)19-4)15(11-6-5-7-11)12(17)8-14(3)10(2)16/h9,11H,5-8H2,1-4H3/t9-/m1/s1. The van der Waals surface area contributed by atoms with Crippen LogP contribution in [-0.4, -0.2) is 60.4 Å². The molecule has 6 heteroatoms. The molecule has 1 aliphatic carbocycles. The Morgan fingerprint density at radius 3 is 2.26 bits per heavy atom. The quantitative estimate of drug-likeness (QED) is 0.679. The highest BCUT2D eigenvalue weighted by molar-refractivity contribution is 5.88. The van der Waals surface area contributed by atoms with Crippen LogP contribution in [0.2, 0.25) is 0 Å². The molecule has 0 bridgehead atoms. The van der Waals surface area contributed by atoms with Crippen LogP contribution in [0.5, 0.6) is 0 Å². The fraction of sp³-hybridized carbons (Fsp3) is 0.769. The monoisotopic (exact) mass is 270 g/mol. The van der Waals surface area contributed by atoms with Crippen molar-refractivity contribution in [2.75, 3.05) is 20.7 Å². The molecule has 0 aromatic heterocycles. The summed E-state index contributed by atoms with van der Waals surface area (Å²) >= 11 is 0. The summed E-state index contributed by atoms with van der Waals surface area (Å²) in [4.78, 5) is 38.0. The molecule has 0 aromatic carbocycles. The van der Waals surface area contributed by atoms with E-state index in [1.807, 2.05) is 0 Å². The molecule has 0 unspecified atom stereocenters. The van der Waals surface area contributed by atoms with Gasteiger partial charge in [-0.15, -0.1) is 0 Å². The molecule has 108 valence electrons. The molecular weight excluding hydrogens is 248 g/mol. The number of carbonyl (C=O) groups excluding carboxylic acids is 3. The third-order valence-electron chi connectivity index (χ3n) is 3.63. The Hall–Kier alpha value is -1.59. The molecule has 0 saturated heterocycles. The maximum Gasteiger partial charge on any atom is 0.328 e. The second-order valence-electron chi connectivity index (χ2n) is 4.96. The van der Waals surface area contributed by atoms with Gasteiger partial charge >= 0.3 is 5.97 Å². The lowest BCUT2D eigenvalue weighted by molar-refractivity contribution is -0.156. The molecule has 1 fully saturated rings. The Labute approximate surface area is 113 Å². The van der Waals surface area contributed by atoms with Crippen LogP contribution in [0.3, 0.4) is 0 Å². The van der Waals surface area contributed by atoms with Gasteiger partial charge in [-0.05, 0) is 26.2 Å². The van der Waals surface area contributed by atoms with Gasteiger partial charge < -0.3 is 14.5 Å². The molecule has 1 aliphatic rings. The SMILES string of the molecule is COC(=O)[C@@H](C)N(C(=O)CN(C)C(C)=O)C1CCC1. The van der Waals surface area contributed by atoms with Crippen LogP contribution in [-0.2, 0) is 19.1 Å². The maximum absolute atomic E-state index is 12.3. The van der Waals surface area contributed by atoms with Crippen LogP contribution >= 0.6 is 0 Å². The number of hydrogen-bond donors (Lipinski definition) is 0. The van der Waals surface area contributed by atoms with Crippen molar-refractivity contribution >= 4 is 17.8 Å². The van der Waals surface area contributed by atoms with Crippen LogP contribution in [0.4, 0.5) is 0 Å². The molecule has 0 aromatic rings. The summed E-state index contributed by atoms with van der Waals surface area (Å²) in [6.45, 7) is 3.06. The molecule has 0 N–H and O–H groups in total. The van der Waals surface area contributed by atoms with Gasteiger partial charge in [0, 0.05) is 20.0 Å². The van der Waals surface area contributed by atoms with Gasteiger partial charge in [0.05, 0.1) is 13.7 Å². The zero-order valence-electron chi connectivity index (χ0n) is 12.0. The zero-order valence-corrected chi connectivity index (χ0v) is 12.0. The van der Waals surface area contributed by atoms with E-state index >= 15 is 0 Å². The van der Waals surface area contributed by atoms with Crippen LogP contribution < -0.4 is 0 Å². The van der Waals surface area contributed by atoms with E-state index in [1.165, 1.54) is 18.9 Å². The van der Waals surface area contributed by atoms with Gasteiger partial charge in [-0.1, -0.05) is 0 Å². The van der Waals surface area contributed by atoms with Crippen molar-refractivity contribution in [3.63, 3.8) is 0 Å². The second kappa shape index (κ2) is 6.54. The number of ether oxygens (including phenoxy) is 1. The van der Waals surface area contributed by atoms with Crippen molar-refractivity contribution in [2.45, 2.75) is 45.2 Å². The first kappa shape index (κ1) is 15.5. The maximum atomic E-state index is 12.3. The number of hydrogen-bond acceptors (Lipinski definition) is 4. The smallest absolute Gasteiger partial charge is 0.328 e. The Kier molecular flexibility index (Phi) is 5.32. The summed E-state index contributed by atoms with van der Waals surface area (Å²) in [5.41, 5.74) is 0. The van der Waals surface area contributed by atoms with E-state index in [2.05, 4.69) is 0 Å². The zero-order chi connectivity index (χ0) is 14.6. The van der Waals surface area contributed by atoms with Gasteiger partial charge in [0.15, 0.2) is 0 Å². The van der Waals surface area contributed by atoms with Gasteiger partial charge in [0.1, 0.15) is 6.04 Å². The highest BCUT2D eigenvalue weighted by atomic mass is 16.5. The van der Waals surface area contributed by atoms with Gasteiger partial charge in [-0.2, -0.15) is 0 Å². The largest absolute Gasteiger partial charge is 0.467 e. The molecule has 2 amide bonds. The fourth-order valence-electron chi connectivity index (χ4n) is 2.08. The minimum absolute atomic E-state index is 0.00678. The Morgan fingerprint density at radius 2 is 1.89 bits per heavy atom. The number of likely N-dealkylation sites (N-methyl/N-ethyl adjacent to an activating group) is 1. The molecular formula is C13H22N2O4. The predicted molar refractivity (Wildman–Crippen MR) is 69.3 cm³/mol. The van der Waals surface area contributed by atoms with E-state index in [9.17, 15) is 14.4 Å². The lowest BCUT2D eigenvalue weighted by Crippen LogP contribution is -2.54. The van der Waals surface area contributed by atoms with E-state index in [0.29, 0.717) is 0 Å². The Bertz CT molecular complexity index is 366. The van der Waals surface area contributed by atoms with Crippen LogP contribution in [0.25, 0.3) is 0 Å². The van der Waals surface area contributed by atoms with Crippen molar-refractivity contribution in [3.8, 4) is 0 Å². The number of esters is 1. The average Bonchev–Trinajstić information content (AvgIpc) is 2.31. The number of rotatable bonds is 5.